The molecule has 0 aliphatic heterocycles. The van der Waals surface area contributed by atoms with E-state index in [0.29, 0.717) is 11.4 Å². The van der Waals surface area contributed by atoms with Crippen molar-refractivity contribution in [2.24, 2.45) is 0 Å². The largest absolute Gasteiger partial charge is 0.332 e. The van der Waals surface area contributed by atoms with Crippen molar-refractivity contribution >= 4 is 5.91 Å². The molecule has 3 aromatic heterocycles. The fourth-order valence-electron chi connectivity index (χ4n) is 2.96. The maximum atomic E-state index is 12.9. The van der Waals surface area contributed by atoms with E-state index < -0.39 is 0 Å². The molecule has 0 radical (unpaired) electrons. The Kier molecular flexibility index (Phi) is 4.72. The Labute approximate surface area is 162 Å². The van der Waals surface area contributed by atoms with Gasteiger partial charge in [0.15, 0.2) is 0 Å². The SMILES string of the molecule is CC(c1cc(-c2ccccc2)n[nH]1)N(C)C(=O)c1cc(-c2ccccn2)n[nH]1. The molecule has 0 saturated heterocycles. The molecule has 2 N–H and O–H groups in total. The molecule has 0 spiro atoms. The third kappa shape index (κ3) is 3.42. The molecule has 1 unspecified atom stereocenters. The Hall–Kier alpha value is -3.74. The molecule has 140 valence electrons. The van der Waals surface area contributed by atoms with Crippen LogP contribution >= 0.6 is 0 Å². The first-order chi connectivity index (χ1) is 13.6. The minimum atomic E-state index is -0.181. The van der Waals surface area contributed by atoms with Gasteiger partial charge in [0.05, 0.1) is 23.1 Å². The Morgan fingerprint density at radius 2 is 1.68 bits per heavy atom. The van der Waals surface area contributed by atoms with Crippen molar-refractivity contribution in [3.63, 3.8) is 0 Å². The summed E-state index contributed by atoms with van der Waals surface area (Å²) in [5, 5.41) is 14.4. The third-order valence-corrected chi connectivity index (χ3v) is 4.75. The first-order valence-electron chi connectivity index (χ1n) is 8.98. The summed E-state index contributed by atoms with van der Waals surface area (Å²) in [6.07, 6.45) is 1.70. The molecule has 1 aromatic carbocycles. The summed E-state index contributed by atoms with van der Waals surface area (Å²) < 4.78 is 0. The van der Waals surface area contributed by atoms with Crippen LogP contribution in [0.15, 0.2) is 66.9 Å². The van der Waals surface area contributed by atoms with Gasteiger partial charge in [0, 0.05) is 18.8 Å². The second-order valence-corrected chi connectivity index (χ2v) is 6.55. The van der Waals surface area contributed by atoms with Crippen LogP contribution in [-0.4, -0.2) is 43.2 Å². The van der Waals surface area contributed by atoms with Gasteiger partial charge in [-0.3, -0.25) is 20.0 Å². The monoisotopic (exact) mass is 372 g/mol. The number of aromatic nitrogens is 5. The van der Waals surface area contributed by atoms with Crippen LogP contribution in [0.25, 0.3) is 22.6 Å². The fourth-order valence-corrected chi connectivity index (χ4v) is 2.96. The second kappa shape index (κ2) is 7.48. The normalized spacial score (nSPS) is 11.9. The van der Waals surface area contributed by atoms with Crippen LogP contribution in [0.1, 0.15) is 29.1 Å². The number of nitrogens with one attached hydrogen (secondary N) is 2. The van der Waals surface area contributed by atoms with Gasteiger partial charge in [-0.1, -0.05) is 36.4 Å². The maximum absolute atomic E-state index is 12.9. The quantitative estimate of drug-likeness (QED) is 0.559. The average molecular weight is 372 g/mol. The number of aromatic amines is 2. The summed E-state index contributed by atoms with van der Waals surface area (Å²) in [5.74, 6) is -0.155. The summed E-state index contributed by atoms with van der Waals surface area (Å²) in [4.78, 5) is 18.8. The zero-order valence-electron chi connectivity index (χ0n) is 15.6. The number of carbonyl (C=O) groups is 1. The van der Waals surface area contributed by atoms with Crippen LogP contribution in [-0.2, 0) is 0 Å². The lowest BCUT2D eigenvalue weighted by atomic mass is 10.1. The highest BCUT2D eigenvalue weighted by Crippen LogP contribution is 2.24. The standard InChI is InChI=1S/C21H20N6O/c1-14(17-12-18(24-23-17)15-8-4-3-5-9-15)27(2)21(28)20-13-19(25-26-20)16-10-6-7-11-22-16/h3-14H,1-2H3,(H,23,24)(H,25,26). The summed E-state index contributed by atoms with van der Waals surface area (Å²) in [6, 6.07) is 19.0. The first-order valence-corrected chi connectivity index (χ1v) is 8.98. The number of benzene rings is 1. The highest BCUT2D eigenvalue weighted by atomic mass is 16.2. The molecule has 7 heteroatoms. The topological polar surface area (TPSA) is 90.6 Å². The van der Waals surface area contributed by atoms with E-state index in [0.717, 1.165) is 22.6 Å². The van der Waals surface area contributed by atoms with E-state index in [-0.39, 0.29) is 11.9 Å². The van der Waals surface area contributed by atoms with E-state index in [1.165, 1.54) is 0 Å². The molecule has 0 bridgehead atoms. The number of pyridine rings is 1. The highest BCUT2D eigenvalue weighted by molar-refractivity contribution is 5.93. The number of rotatable bonds is 5. The van der Waals surface area contributed by atoms with Gasteiger partial charge in [-0.15, -0.1) is 0 Å². The van der Waals surface area contributed by atoms with E-state index in [1.807, 2.05) is 61.5 Å². The smallest absolute Gasteiger partial charge is 0.272 e. The molecular formula is C21H20N6O. The van der Waals surface area contributed by atoms with Gasteiger partial charge in [0.1, 0.15) is 11.4 Å². The maximum Gasteiger partial charge on any atom is 0.272 e. The predicted molar refractivity (Wildman–Crippen MR) is 106 cm³/mol. The number of amides is 1. The van der Waals surface area contributed by atoms with Gasteiger partial charge in [0.2, 0.25) is 0 Å². The minimum Gasteiger partial charge on any atom is -0.332 e. The summed E-state index contributed by atoms with van der Waals surface area (Å²) in [6.45, 7) is 1.95. The number of nitrogens with zero attached hydrogens (tertiary/aromatic N) is 4. The molecule has 7 nitrogen and oxygen atoms in total. The van der Waals surface area contributed by atoms with Crippen molar-refractivity contribution in [2.45, 2.75) is 13.0 Å². The Bertz CT molecular complexity index is 1070. The number of hydrogen-bond donors (Lipinski definition) is 2. The van der Waals surface area contributed by atoms with Crippen LogP contribution < -0.4 is 0 Å². The van der Waals surface area contributed by atoms with E-state index in [1.54, 1.807) is 24.2 Å². The summed E-state index contributed by atoms with van der Waals surface area (Å²) >= 11 is 0. The van der Waals surface area contributed by atoms with Crippen LogP contribution in [0.5, 0.6) is 0 Å². The molecule has 0 fully saturated rings. The van der Waals surface area contributed by atoms with Crippen molar-refractivity contribution in [1.82, 2.24) is 30.3 Å². The lowest BCUT2D eigenvalue weighted by Crippen LogP contribution is -2.30. The molecule has 0 aliphatic carbocycles. The molecule has 1 amide bonds. The number of H-pyrrole nitrogens is 2. The van der Waals surface area contributed by atoms with Gasteiger partial charge in [-0.25, -0.2) is 0 Å². The summed E-state index contributed by atoms with van der Waals surface area (Å²) in [5.41, 5.74) is 4.51. The van der Waals surface area contributed by atoms with Crippen LogP contribution in [0.2, 0.25) is 0 Å². The van der Waals surface area contributed by atoms with Gasteiger partial charge >= 0.3 is 0 Å². The number of hydrogen-bond acceptors (Lipinski definition) is 4. The average Bonchev–Trinajstić information content (AvgIpc) is 3.44. The zero-order chi connectivity index (χ0) is 19.5. The molecule has 28 heavy (non-hydrogen) atoms. The van der Waals surface area contributed by atoms with Gasteiger partial charge in [0.25, 0.3) is 5.91 Å². The molecule has 0 saturated carbocycles. The van der Waals surface area contributed by atoms with Gasteiger partial charge in [-0.05, 0) is 31.2 Å². The number of carbonyl (C=O) groups excluding carboxylic acids is 1. The Morgan fingerprint density at radius 1 is 0.929 bits per heavy atom. The van der Waals surface area contributed by atoms with E-state index in [2.05, 4.69) is 25.4 Å². The van der Waals surface area contributed by atoms with E-state index in [9.17, 15) is 4.79 Å². The molecule has 4 rings (SSSR count). The van der Waals surface area contributed by atoms with Crippen LogP contribution in [0.4, 0.5) is 0 Å². The highest BCUT2D eigenvalue weighted by Gasteiger charge is 2.22. The van der Waals surface area contributed by atoms with Crippen molar-refractivity contribution < 1.29 is 4.79 Å². The lowest BCUT2D eigenvalue weighted by Gasteiger charge is -2.23. The summed E-state index contributed by atoms with van der Waals surface area (Å²) in [7, 11) is 1.76. The van der Waals surface area contributed by atoms with Crippen molar-refractivity contribution in [2.75, 3.05) is 7.05 Å². The van der Waals surface area contributed by atoms with Crippen molar-refractivity contribution in [1.29, 1.82) is 0 Å². The third-order valence-electron chi connectivity index (χ3n) is 4.75. The Morgan fingerprint density at radius 3 is 2.43 bits per heavy atom. The van der Waals surface area contributed by atoms with Crippen LogP contribution in [0.3, 0.4) is 0 Å². The van der Waals surface area contributed by atoms with Crippen molar-refractivity contribution in [3.05, 3.63) is 78.2 Å². The second-order valence-electron chi connectivity index (χ2n) is 6.55. The first kappa shape index (κ1) is 17.7. The Balaban J connectivity index is 1.51. The van der Waals surface area contributed by atoms with Crippen molar-refractivity contribution in [3.8, 4) is 22.6 Å². The fraction of sp³-hybridized carbons (Fsp3) is 0.143. The van der Waals surface area contributed by atoms with E-state index in [4.69, 9.17) is 0 Å². The molecular weight excluding hydrogens is 352 g/mol. The lowest BCUT2D eigenvalue weighted by molar-refractivity contribution is 0.0734. The predicted octanol–water partition coefficient (Wildman–Crippen LogP) is 3.70. The van der Waals surface area contributed by atoms with E-state index >= 15 is 0 Å². The minimum absolute atomic E-state index is 0.155. The molecule has 0 aliphatic rings. The van der Waals surface area contributed by atoms with Gasteiger partial charge in [-0.2, -0.15) is 10.2 Å². The van der Waals surface area contributed by atoms with Gasteiger partial charge < -0.3 is 4.90 Å². The zero-order valence-corrected chi connectivity index (χ0v) is 15.6. The molecule has 4 aromatic rings. The molecule has 1 atom stereocenters. The van der Waals surface area contributed by atoms with Crippen LogP contribution in [0, 0.1) is 0 Å². The molecule has 3 heterocycles.